The van der Waals surface area contributed by atoms with Gasteiger partial charge in [0, 0.05) is 18.3 Å². The summed E-state index contributed by atoms with van der Waals surface area (Å²) in [5.74, 6) is 1.01. The first kappa shape index (κ1) is 17.4. The topological polar surface area (TPSA) is 27.7 Å². The summed E-state index contributed by atoms with van der Waals surface area (Å²) in [5, 5.41) is 0. The van der Waals surface area contributed by atoms with Crippen molar-refractivity contribution in [3.63, 3.8) is 0 Å². The van der Waals surface area contributed by atoms with Crippen LogP contribution in [0.4, 0.5) is 0 Å². The van der Waals surface area contributed by atoms with Gasteiger partial charge in [-0.1, -0.05) is 18.1 Å². The average Bonchev–Trinajstić information content (AvgIpc) is 2.11. The van der Waals surface area contributed by atoms with Crippen molar-refractivity contribution in [3.05, 3.63) is 0 Å². The van der Waals surface area contributed by atoms with Gasteiger partial charge in [0.15, 0.2) is 0 Å². The molecule has 0 rings (SSSR count). The molecule has 0 aliphatic heterocycles. The Morgan fingerprint density at radius 1 is 0.824 bits per heavy atom. The molecule has 0 unspecified atom stereocenters. The first-order valence-corrected chi connectivity index (χ1v) is 9.92. The second-order valence-electron chi connectivity index (χ2n) is 4.85. The summed E-state index contributed by atoms with van der Waals surface area (Å²) in [5.41, 5.74) is 0. The zero-order valence-electron chi connectivity index (χ0n) is 12.3. The van der Waals surface area contributed by atoms with E-state index in [-0.39, 0.29) is 18.3 Å². The van der Waals surface area contributed by atoms with E-state index in [1.54, 1.807) is 11.2 Å². The van der Waals surface area contributed by atoms with Crippen LogP contribution in [-0.2, 0) is 13.3 Å². The van der Waals surface area contributed by atoms with Crippen LogP contribution < -0.4 is 0 Å². The van der Waals surface area contributed by atoms with Crippen LogP contribution in [0.5, 0.6) is 0 Å². The highest BCUT2D eigenvalue weighted by atomic mass is 32.4. The Hall–Kier alpha value is 0.447. The predicted octanol–water partition coefficient (Wildman–Crippen LogP) is 3.84. The van der Waals surface area contributed by atoms with Gasteiger partial charge in [0.2, 0.25) is 0 Å². The molecular weight excluding hydrogens is 252 g/mol. The lowest BCUT2D eigenvalue weighted by atomic mass is 10.5. The zero-order valence-corrected chi connectivity index (χ0v) is 14.1. The molecule has 0 aliphatic rings. The highest BCUT2D eigenvalue weighted by Crippen LogP contribution is 2.29. The van der Waals surface area contributed by atoms with Crippen LogP contribution in [0.2, 0.25) is 0 Å². The Labute approximate surface area is 112 Å². The van der Waals surface area contributed by atoms with Gasteiger partial charge in [-0.15, -0.1) is 0 Å². The van der Waals surface area contributed by atoms with Crippen molar-refractivity contribution in [3.8, 4) is 0 Å². The molecule has 5 heteroatoms. The lowest BCUT2D eigenvalue weighted by Gasteiger charge is -2.33. The van der Waals surface area contributed by atoms with Crippen LogP contribution in [-0.4, -0.2) is 32.0 Å². The van der Waals surface area contributed by atoms with Gasteiger partial charge in [-0.2, -0.15) is 0 Å². The van der Waals surface area contributed by atoms with Crippen LogP contribution in [0.3, 0.4) is 0 Å². The summed E-state index contributed by atoms with van der Waals surface area (Å²) in [6, 6.07) is 0. The van der Waals surface area contributed by atoms with Crippen LogP contribution in [0.1, 0.15) is 54.9 Å². The van der Waals surface area contributed by atoms with E-state index in [2.05, 4.69) is 6.92 Å². The van der Waals surface area contributed by atoms with Gasteiger partial charge in [-0.25, -0.2) is 0 Å². The molecule has 0 bridgehead atoms. The Balaban J connectivity index is 4.76. The van der Waals surface area contributed by atoms with E-state index >= 15 is 0 Å². The number of hydrogen-bond donors (Lipinski definition) is 0. The monoisotopic (exact) mass is 280 g/mol. The van der Waals surface area contributed by atoms with Crippen molar-refractivity contribution in [2.24, 2.45) is 0 Å². The maximum Gasteiger partial charge on any atom is 0.573 e. The maximum atomic E-state index is 6.02. The third-order valence-electron chi connectivity index (χ3n) is 1.62. The Morgan fingerprint density at radius 2 is 1.18 bits per heavy atom. The predicted molar refractivity (Wildman–Crippen MR) is 77.2 cm³/mol. The molecule has 0 aromatic heterocycles. The summed E-state index contributed by atoms with van der Waals surface area (Å²) in [6.45, 7) is 14.3. The summed E-state index contributed by atoms with van der Waals surface area (Å²) in [6.07, 6.45) is 1.49. The molecule has 0 aromatic rings. The molecule has 104 valence electrons. The SMILES string of the molecule is CCCS[Si](OC(C)C)(OC(C)C)OC(C)C. The first-order chi connectivity index (χ1) is 7.81. The quantitative estimate of drug-likeness (QED) is 0.600. The van der Waals surface area contributed by atoms with Gasteiger partial charge >= 0.3 is 7.95 Å². The van der Waals surface area contributed by atoms with Crippen LogP contribution in [0.25, 0.3) is 0 Å². The minimum atomic E-state index is -2.59. The van der Waals surface area contributed by atoms with Crippen LogP contribution in [0, 0.1) is 0 Å². The maximum absolute atomic E-state index is 6.02. The van der Waals surface area contributed by atoms with E-state index in [4.69, 9.17) is 13.3 Å². The highest BCUT2D eigenvalue weighted by Gasteiger charge is 2.45. The molecule has 0 fully saturated rings. The number of hydrogen-bond acceptors (Lipinski definition) is 4. The molecule has 0 spiro atoms. The van der Waals surface area contributed by atoms with Crippen molar-refractivity contribution >= 4 is 19.2 Å². The van der Waals surface area contributed by atoms with Gasteiger partial charge in [0.05, 0.1) is 0 Å². The van der Waals surface area contributed by atoms with E-state index in [0.29, 0.717) is 0 Å². The molecule has 0 N–H and O–H groups in total. The molecule has 0 atom stereocenters. The van der Waals surface area contributed by atoms with E-state index < -0.39 is 7.95 Å². The Kier molecular flexibility index (Phi) is 8.76. The Bertz CT molecular complexity index is 172. The van der Waals surface area contributed by atoms with E-state index in [9.17, 15) is 0 Å². The van der Waals surface area contributed by atoms with Crippen molar-refractivity contribution in [2.45, 2.75) is 73.2 Å². The Morgan fingerprint density at radius 3 is 1.41 bits per heavy atom. The third-order valence-corrected chi connectivity index (χ3v) is 7.41. The molecule has 3 nitrogen and oxygen atoms in total. The van der Waals surface area contributed by atoms with Gasteiger partial charge in [0.25, 0.3) is 0 Å². The summed E-state index contributed by atoms with van der Waals surface area (Å²) in [7, 11) is -2.59. The van der Waals surface area contributed by atoms with E-state index in [1.165, 1.54) is 0 Å². The fourth-order valence-corrected chi connectivity index (χ4v) is 7.54. The zero-order chi connectivity index (χ0) is 13.5. The molecule has 0 heterocycles. The van der Waals surface area contributed by atoms with Crippen molar-refractivity contribution in [1.82, 2.24) is 0 Å². The molecule has 0 aliphatic carbocycles. The third kappa shape index (κ3) is 8.21. The van der Waals surface area contributed by atoms with E-state index in [1.807, 2.05) is 41.5 Å². The first-order valence-electron chi connectivity index (χ1n) is 6.48. The summed E-state index contributed by atoms with van der Waals surface area (Å²) in [4.78, 5) is 0. The summed E-state index contributed by atoms with van der Waals surface area (Å²) < 4.78 is 18.1. The normalized spacial score (nSPS) is 13.1. The average molecular weight is 281 g/mol. The smallest absolute Gasteiger partial charge is 0.363 e. The minimum absolute atomic E-state index is 0.128. The second-order valence-corrected chi connectivity index (χ2v) is 9.62. The summed E-state index contributed by atoms with van der Waals surface area (Å²) >= 11 is 1.73. The lowest BCUT2D eigenvalue weighted by Crippen LogP contribution is -2.48. The van der Waals surface area contributed by atoms with Crippen molar-refractivity contribution in [2.75, 3.05) is 5.75 Å². The van der Waals surface area contributed by atoms with Crippen LogP contribution in [0.15, 0.2) is 0 Å². The van der Waals surface area contributed by atoms with Crippen LogP contribution >= 0.6 is 11.2 Å². The van der Waals surface area contributed by atoms with E-state index in [0.717, 1.165) is 12.2 Å². The second kappa shape index (κ2) is 8.53. The molecule has 0 radical (unpaired) electrons. The molecule has 17 heavy (non-hydrogen) atoms. The molecule has 0 amide bonds. The molecule has 0 saturated heterocycles. The minimum Gasteiger partial charge on any atom is -0.363 e. The van der Waals surface area contributed by atoms with Crippen molar-refractivity contribution in [1.29, 1.82) is 0 Å². The molecule has 0 aromatic carbocycles. The van der Waals surface area contributed by atoms with Gasteiger partial charge in [-0.05, 0) is 53.7 Å². The van der Waals surface area contributed by atoms with Gasteiger partial charge < -0.3 is 13.3 Å². The van der Waals surface area contributed by atoms with Crippen molar-refractivity contribution < 1.29 is 13.3 Å². The van der Waals surface area contributed by atoms with Gasteiger partial charge in [0.1, 0.15) is 0 Å². The molecular formula is C12H28O3SSi. The fourth-order valence-electron chi connectivity index (χ4n) is 1.28. The standard InChI is InChI=1S/C12H28O3SSi/c1-8-9-16-17(13-10(2)3,14-11(4)5)15-12(6)7/h10-12H,8-9H2,1-7H3. The lowest BCUT2D eigenvalue weighted by molar-refractivity contribution is 0.0245. The number of rotatable bonds is 9. The van der Waals surface area contributed by atoms with Gasteiger partial charge in [-0.3, -0.25) is 0 Å². The molecule has 0 saturated carbocycles. The fraction of sp³-hybridized carbons (Fsp3) is 1.00. The highest BCUT2D eigenvalue weighted by molar-refractivity contribution is 8.26. The largest absolute Gasteiger partial charge is 0.573 e.